The van der Waals surface area contributed by atoms with Crippen LogP contribution >= 0.6 is 0 Å². The van der Waals surface area contributed by atoms with E-state index in [1.165, 1.54) is 4.90 Å². The van der Waals surface area contributed by atoms with Crippen molar-refractivity contribution in [3.05, 3.63) is 108 Å². The summed E-state index contributed by atoms with van der Waals surface area (Å²) in [6.45, 7) is 5.61. The van der Waals surface area contributed by atoms with E-state index in [1.807, 2.05) is 91.0 Å². The van der Waals surface area contributed by atoms with Gasteiger partial charge in [0, 0.05) is 20.0 Å². The molecule has 37 heavy (non-hydrogen) atoms. The van der Waals surface area contributed by atoms with Crippen molar-refractivity contribution in [2.24, 2.45) is 0 Å². The smallest absolute Gasteiger partial charge is 0.408 e. The van der Waals surface area contributed by atoms with Crippen molar-refractivity contribution in [2.75, 3.05) is 7.05 Å². The zero-order chi connectivity index (χ0) is 26.8. The molecule has 0 aliphatic carbocycles. The quantitative estimate of drug-likeness (QED) is 0.447. The lowest BCUT2D eigenvalue weighted by molar-refractivity contribution is -0.140. The van der Waals surface area contributed by atoms with Gasteiger partial charge in [-0.2, -0.15) is 0 Å². The number of rotatable bonds is 9. The van der Waals surface area contributed by atoms with Crippen molar-refractivity contribution in [1.29, 1.82) is 0 Å². The Morgan fingerprint density at radius 2 is 1.32 bits per heavy atom. The monoisotopic (exact) mass is 501 g/mol. The molecule has 3 aromatic rings. The lowest BCUT2D eigenvalue weighted by Gasteiger charge is -2.31. The second kappa shape index (κ2) is 12.7. The molecule has 7 nitrogen and oxygen atoms in total. The van der Waals surface area contributed by atoms with E-state index in [1.54, 1.807) is 27.8 Å². The number of likely N-dealkylation sites (N-methyl/N-ethyl adjacent to an activating group) is 1. The topological polar surface area (TPSA) is 87.7 Å². The first-order chi connectivity index (χ1) is 17.6. The first-order valence-electron chi connectivity index (χ1n) is 12.3. The molecule has 0 saturated carbocycles. The molecule has 194 valence electrons. The van der Waals surface area contributed by atoms with Crippen molar-refractivity contribution in [2.45, 2.75) is 51.4 Å². The average molecular weight is 502 g/mol. The van der Waals surface area contributed by atoms with E-state index < -0.39 is 29.7 Å². The Hall–Kier alpha value is -4.13. The molecule has 0 saturated heterocycles. The summed E-state index contributed by atoms with van der Waals surface area (Å²) < 4.78 is 5.42. The van der Waals surface area contributed by atoms with Gasteiger partial charge in [-0.15, -0.1) is 0 Å². The van der Waals surface area contributed by atoms with Crippen molar-refractivity contribution in [3.8, 4) is 0 Å². The largest absolute Gasteiger partial charge is 0.444 e. The van der Waals surface area contributed by atoms with Crippen LogP contribution in [0.5, 0.6) is 0 Å². The van der Waals surface area contributed by atoms with Crippen LogP contribution in [-0.2, 0) is 27.3 Å². The van der Waals surface area contributed by atoms with Crippen LogP contribution in [-0.4, -0.2) is 41.5 Å². The molecule has 2 atom stereocenters. The number of nitrogens with one attached hydrogen (secondary N) is 2. The van der Waals surface area contributed by atoms with Gasteiger partial charge in [0.05, 0.1) is 0 Å². The second-order valence-corrected chi connectivity index (χ2v) is 9.85. The molecular formula is C30H35N3O4. The van der Waals surface area contributed by atoms with Gasteiger partial charge in [-0.05, 0) is 37.5 Å². The zero-order valence-electron chi connectivity index (χ0n) is 21.8. The molecule has 0 heterocycles. The number of ether oxygens (including phenoxy) is 1. The average Bonchev–Trinajstić information content (AvgIpc) is 2.87. The zero-order valence-corrected chi connectivity index (χ0v) is 21.8. The number of alkyl carbamates (subject to hydrolysis) is 1. The minimum atomic E-state index is -0.935. The molecule has 0 aliphatic heterocycles. The van der Waals surface area contributed by atoms with E-state index in [4.69, 9.17) is 4.74 Å². The van der Waals surface area contributed by atoms with E-state index in [9.17, 15) is 14.4 Å². The maximum Gasteiger partial charge on any atom is 0.408 e. The van der Waals surface area contributed by atoms with Crippen molar-refractivity contribution < 1.29 is 19.1 Å². The molecule has 3 amide bonds. The number of benzene rings is 3. The van der Waals surface area contributed by atoms with Crippen LogP contribution in [0.25, 0.3) is 0 Å². The van der Waals surface area contributed by atoms with E-state index in [-0.39, 0.29) is 12.3 Å². The van der Waals surface area contributed by atoms with E-state index >= 15 is 0 Å². The molecule has 3 aromatic carbocycles. The van der Waals surface area contributed by atoms with Crippen LogP contribution in [0.4, 0.5) is 4.79 Å². The fourth-order valence-electron chi connectivity index (χ4n) is 3.94. The number of carbonyl (C=O) groups excluding carboxylic acids is 3. The van der Waals surface area contributed by atoms with Crippen molar-refractivity contribution in [3.63, 3.8) is 0 Å². The summed E-state index contributed by atoms with van der Waals surface area (Å²) in [4.78, 5) is 41.3. The van der Waals surface area contributed by atoms with Crippen molar-refractivity contribution in [1.82, 2.24) is 15.5 Å². The first kappa shape index (κ1) is 27.5. The Kier molecular flexibility index (Phi) is 9.44. The third-order valence-electron chi connectivity index (χ3n) is 5.68. The maximum absolute atomic E-state index is 13.8. The number of amides is 3. The van der Waals surface area contributed by atoms with Gasteiger partial charge in [0.15, 0.2) is 0 Å². The number of hydrogen-bond donors (Lipinski definition) is 2. The third kappa shape index (κ3) is 8.49. The van der Waals surface area contributed by atoms with Crippen LogP contribution in [0.1, 0.15) is 43.5 Å². The summed E-state index contributed by atoms with van der Waals surface area (Å²) in [7, 11) is 1.58. The fourth-order valence-corrected chi connectivity index (χ4v) is 3.94. The molecular weight excluding hydrogens is 466 g/mol. The van der Waals surface area contributed by atoms with Gasteiger partial charge in [0.1, 0.15) is 17.7 Å². The molecule has 2 N–H and O–H groups in total. The molecule has 0 fully saturated rings. The summed E-state index contributed by atoms with van der Waals surface area (Å²) in [6, 6.07) is 26.3. The van der Waals surface area contributed by atoms with Gasteiger partial charge in [0.2, 0.25) is 11.8 Å². The van der Waals surface area contributed by atoms with E-state index in [0.717, 1.165) is 11.1 Å². The molecule has 0 aromatic heterocycles. The Morgan fingerprint density at radius 3 is 1.86 bits per heavy atom. The van der Waals surface area contributed by atoms with Gasteiger partial charge in [-0.25, -0.2) is 4.79 Å². The van der Waals surface area contributed by atoms with Gasteiger partial charge in [-0.3, -0.25) is 9.59 Å². The molecule has 0 spiro atoms. The Bertz CT molecular complexity index is 1160. The van der Waals surface area contributed by atoms with E-state index in [0.29, 0.717) is 12.1 Å². The van der Waals surface area contributed by atoms with Crippen LogP contribution in [0.15, 0.2) is 91.0 Å². The predicted molar refractivity (Wildman–Crippen MR) is 144 cm³/mol. The Morgan fingerprint density at radius 1 is 0.811 bits per heavy atom. The van der Waals surface area contributed by atoms with Crippen LogP contribution in [0.2, 0.25) is 0 Å². The summed E-state index contributed by atoms with van der Waals surface area (Å²) in [5.41, 5.74) is 1.76. The number of nitrogens with zero attached hydrogens (tertiary/aromatic N) is 1. The highest BCUT2D eigenvalue weighted by Crippen LogP contribution is 2.22. The Labute approximate surface area is 218 Å². The van der Waals surface area contributed by atoms with Gasteiger partial charge < -0.3 is 20.3 Å². The highest BCUT2D eigenvalue weighted by Gasteiger charge is 2.34. The highest BCUT2D eigenvalue weighted by molar-refractivity contribution is 5.92. The normalized spacial score (nSPS) is 12.6. The van der Waals surface area contributed by atoms with Crippen LogP contribution in [0.3, 0.4) is 0 Å². The third-order valence-corrected chi connectivity index (χ3v) is 5.68. The molecule has 0 bridgehead atoms. The lowest BCUT2D eigenvalue weighted by Crippen LogP contribution is -2.52. The SMILES string of the molecule is CN(C(=O)C(Cc1ccccc1)NC(=O)OC(C)(C)C)C(C(=O)NCc1ccccc1)c1ccccc1. The summed E-state index contributed by atoms with van der Waals surface area (Å²) in [5, 5.41) is 5.67. The minimum Gasteiger partial charge on any atom is -0.444 e. The number of carbonyl (C=O) groups is 3. The van der Waals surface area contributed by atoms with Gasteiger partial charge >= 0.3 is 6.09 Å². The summed E-state index contributed by atoms with van der Waals surface area (Å²) >= 11 is 0. The minimum absolute atomic E-state index is 0.246. The van der Waals surface area contributed by atoms with Gasteiger partial charge in [-0.1, -0.05) is 91.0 Å². The van der Waals surface area contributed by atoms with E-state index in [2.05, 4.69) is 10.6 Å². The van der Waals surface area contributed by atoms with Crippen LogP contribution in [0, 0.1) is 0 Å². The van der Waals surface area contributed by atoms with Gasteiger partial charge in [0.25, 0.3) is 0 Å². The lowest BCUT2D eigenvalue weighted by atomic mass is 10.0. The predicted octanol–water partition coefficient (Wildman–Crippen LogP) is 4.64. The highest BCUT2D eigenvalue weighted by atomic mass is 16.6. The maximum atomic E-state index is 13.8. The summed E-state index contributed by atoms with van der Waals surface area (Å²) in [6.07, 6.45) is -0.448. The Balaban J connectivity index is 1.86. The second-order valence-electron chi connectivity index (χ2n) is 9.85. The molecule has 7 heteroatoms. The molecule has 3 rings (SSSR count). The molecule has 2 unspecified atom stereocenters. The molecule has 0 aliphatic rings. The first-order valence-corrected chi connectivity index (χ1v) is 12.3. The fraction of sp³-hybridized carbons (Fsp3) is 0.300. The summed E-state index contributed by atoms with van der Waals surface area (Å²) in [5.74, 6) is -0.722. The van der Waals surface area contributed by atoms with Crippen LogP contribution < -0.4 is 10.6 Å². The standard InChI is InChI=1S/C30H35N3O4/c1-30(2,3)37-29(36)32-25(20-22-14-8-5-9-15-22)28(35)33(4)26(24-18-12-7-13-19-24)27(34)31-21-23-16-10-6-11-17-23/h5-19,25-26H,20-21H2,1-4H3,(H,31,34)(H,32,36). The van der Waals surface area contributed by atoms with Crippen molar-refractivity contribution >= 4 is 17.9 Å². The molecule has 0 radical (unpaired) electrons. The number of hydrogen-bond acceptors (Lipinski definition) is 4.